The molecule has 0 aliphatic rings. The van der Waals surface area contributed by atoms with E-state index < -0.39 is 0 Å². The Hall–Kier alpha value is -2.25. The molecular weight excluding hydrogens is 306 g/mol. The van der Waals surface area contributed by atoms with Gasteiger partial charge in [0.25, 0.3) is 11.4 Å². The van der Waals surface area contributed by atoms with E-state index in [1.165, 1.54) is 10.6 Å². The Morgan fingerprint density at radius 3 is 3.00 bits per heavy atom. The van der Waals surface area contributed by atoms with Crippen LogP contribution in [0.2, 0.25) is 0 Å². The monoisotopic (exact) mass is 321 g/mol. The van der Waals surface area contributed by atoms with Crippen LogP contribution in [0.25, 0.3) is 17.1 Å². The van der Waals surface area contributed by atoms with E-state index in [1.54, 1.807) is 18.3 Å². The van der Waals surface area contributed by atoms with Crippen LogP contribution in [0, 0.1) is 0 Å². The highest BCUT2D eigenvalue weighted by atomic mass is 35.5. The highest BCUT2D eigenvalue weighted by molar-refractivity contribution is 5.85. The largest absolute Gasteiger partial charge is 0.334 e. The van der Waals surface area contributed by atoms with Gasteiger partial charge in [0.2, 0.25) is 0 Å². The third-order valence-corrected chi connectivity index (χ3v) is 3.29. The molecule has 116 valence electrons. The third-order valence-electron chi connectivity index (χ3n) is 3.29. The quantitative estimate of drug-likeness (QED) is 0.780. The minimum atomic E-state index is -0.225. The van der Waals surface area contributed by atoms with E-state index in [0.717, 1.165) is 0 Å². The van der Waals surface area contributed by atoms with Crippen LogP contribution in [0.1, 0.15) is 12.7 Å². The van der Waals surface area contributed by atoms with Crippen LogP contribution in [0.3, 0.4) is 0 Å². The Bertz CT molecular complexity index is 829. The number of nitrogens with one attached hydrogen (secondary N) is 1. The summed E-state index contributed by atoms with van der Waals surface area (Å²) in [5, 5.41) is 7.00. The zero-order valence-electron chi connectivity index (χ0n) is 12.2. The first kappa shape index (κ1) is 16.1. The fourth-order valence-corrected chi connectivity index (χ4v) is 2.00. The number of rotatable bonds is 4. The number of aromatic nitrogens is 4. The van der Waals surface area contributed by atoms with Crippen LogP contribution in [0.5, 0.6) is 0 Å². The van der Waals surface area contributed by atoms with Gasteiger partial charge in [-0.3, -0.25) is 9.20 Å². The molecule has 0 amide bonds. The molecule has 7 nitrogen and oxygen atoms in total. The summed E-state index contributed by atoms with van der Waals surface area (Å²) in [6.45, 7) is 2.02. The molecule has 3 rings (SSSR count). The third kappa shape index (κ3) is 3.00. The second-order valence-electron chi connectivity index (χ2n) is 4.82. The van der Waals surface area contributed by atoms with E-state index in [-0.39, 0.29) is 29.9 Å². The lowest BCUT2D eigenvalue weighted by Gasteiger charge is -2.04. The van der Waals surface area contributed by atoms with Crippen LogP contribution in [0.4, 0.5) is 0 Å². The van der Waals surface area contributed by atoms with Gasteiger partial charge in [0.15, 0.2) is 5.82 Å². The van der Waals surface area contributed by atoms with E-state index in [9.17, 15) is 4.79 Å². The first-order chi connectivity index (χ1) is 10.2. The molecule has 0 bridgehead atoms. The average molecular weight is 322 g/mol. The lowest BCUT2D eigenvalue weighted by Crippen LogP contribution is -2.24. The van der Waals surface area contributed by atoms with E-state index in [0.29, 0.717) is 23.5 Å². The lowest BCUT2D eigenvalue weighted by molar-refractivity contribution is 0.417. The Morgan fingerprint density at radius 2 is 2.23 bits per heavy atom. The molecule has 0 spiro atoms. The van der Waals surface area contributed by atoms with Crippen molar-refractivity contribution in [3.05, 3.63) is 46.8 Å². The Morgan fingerprint density at radius 1 is 1.41 bits per heavy atom. The molecule has 0 aromatic carbocycles. The smallest absolute Gasteiger partial charge is 0.270 e. The topological polar surface area (TPSA) is 85.3 Å². The maximum Gasteiger partial charge on any atom is 0.270 e. The SMILES string of the molecule is CNC(C)Cc1noc(-c2cnc3ccccn3c2=O)n1.Cl. The molecule has 8 heteroatoms. The molecule has 0 saturated heterocycles. The molecule has 1 N–H and O–H groups in total. The number of halogens is 1. The zero-order valence-corrected chi connectivity index (χ0v) is 13.0. The van der Waals surface area contributed by atoms with Crippen molar-refractivity contribution in [2.45, 2.75) is 19.4 Å². The second-order valence-corrected chi connectivity index (χ2v) is 4.82. The first-order valence-electron chi connectivity index (χ1n) is 6.65. The summed E-state index contributed by atoms with van der Waals surface area (Å²) in [4.78, 5) is 20.9. The van der Waals surface area contributed by atoms with Crippen LogP contribution < -0.4 is 10.9 Å². The van der Waals surface area contributed by atoms with Crippen LogP contribution in [-0.4, -0.2) is 32.6 Å². The maximum absolute atomic E-state index is 12.4. The molecule has 1 unspecified atom stereocenters. The molecular formula is C14H16ClN5O2. The first-order valence-corrected chi connectivity index (χ1v) is 6.65. The van der Waals surface area contributed by atoms with Gasteiger partial charge in [-0.05, 0) is 26.1 Å². The summed E-state index contributed by atoms with van der Waals surface area (Å²) in [6, 6.07) is 5.59. The Labute approximate surface area is 132 Å². The Kier molecular flexibility index (Phi) is 4.89. The summed E-state index contributed by atoms with van der Waals surface area (Å²) in [7, 11) is 1.87. The summed E-state index contributed by atoms with van der Waals surface area (Å²) < 4.78 is 6.64. The van der Waals surface area contributed by atoms with Gasteiger partial charge in [-0.25, -0.2) is 4.98 Å². The van der Waals surface area contributed by atoms with Gasteiger partial charge in [-0.2, -0.15) is 4.98 Å². The molecule has 22 heavy (non-hydrogen) atoms. The maximum atomic E-state index is 12.4. The van der Waals surface area contributed by atoms with Gasteiger partial charge >= 0.3 is 0 Å². The molecule has 0 aliphatic heterocycles. The lowest BCUT2D eigenvalue weighted by atomic mass is 10.2. The number of pyridine rings is 1. The highest BCUT2D eigenvalue weighted by Gasteiger charge is 2.15. The summed E-state index contributed by atoms with van der Waals surface area (Å²) in [5.41, 5.74) is 0.654. The standard InChI is InChI=1S/C14H15N5O2.ClH/c1-9(15-2)7-11-17-13(21-18-11)10-8-16-12-5-3-4-6-19(12)14(10)20;/h3-6,8-9,15H,7H2,1-2H3;1H. The van der Waals surface area contributed by atoms with Crippen molar-refractivity contribution in [1.29, 1.82) is 0 Å². The van der Waals surface area contributed by atoms with E-state index >= 15 is 0 Å². The fraction of sp³-hybridized carbons (Fsp3) is 0.286. The van der Waals surface area contributed by atoms with Crippen molar-refractivity contribution in [3.63, 3.8) is 0 Å². The van der Waals surface area contributed by atoms with Crippen molar-refractivity contribution in [2.24, 2.45) is 0 Å². The van der Waals surface area contributed by atoms with Crippen molar-refractivity contribution in [2.75, 3.05) is 7.05 Å². The molecule has 1 atom stereocenters. The average Bonchev–Trinajstić information content (AvgIpc) is 2.96. The number of hydrogen-bond donors (Lipinski definition) is 1. The van der Waals surface area contributed by atoms with E-state index in [2.05, 4.69) is 20.4 Å². The molecule has 0 saturated carbocycles. The van der Waals surface area contributed by atoms with Gasteiger partial charge in [0.05, 0.1) is 0 Å². The normalized spacial score (nSPS) is 12.1. The number of likely N-dealkylation sites (N-methyl/N-ethyl adjacent to an activating group) is 1. The Balaban J connectivity index is 0.00000176. The van der Waals surface area contributed by atoms with Crippen LogP contribution in [-0.2, 0) is 6.42 Å². The molecule has 0 radical (unpaired) electrons. The zero-order chi connectivity index (χ0) is 14.8. The van der Waals surface area contributed by atoms with Crippen molar-refractivity contribution in [1.82, 2.24) is 24.8 Å². The van der Waals surface area contributed by atoms with E-state index in [4.69, 9.17) is 4.52 Å². The molecule has 3 heterocycles. The van der Waals surface area contributed by atoms with E-state index in [1.807, 2.05) is 20.0 Å². The summed E-state index contributed by atoms with van der Waals surface area (Å²) in [6.07, 6.45) is 3.76. The molecule has 3 aromatic rings. The van der Waals surface area contributed by atoms with Crippen LogP contribution in [0.15, 0.2) is 39.9 Å². The number of fused-ring (bicyclic) bond motifs is 1. The molecule has 3 aromatic heterocycles. The van der Waals surface area contributed by atoms with Gasteiger partial charge in [0.1, 0.15) is 11.2 Å². The minimum Gasteiger partial charge on any atom is -0.334 e. The minimum absolute atomic E-state index is 0. The fourth-order valence-electron chi connectivity index (χ4n) is 2.00. The highest BCUT2D eigenvalue weighted by Crippen LogP contribution is 2.13. The van der Waals surface area contributed by atoms with Crippen LogP contribution >= 0.6 is 12.4 Å². The number of hydrogen-bond acceptors (Lipinski definition) is 6. The number of nitrogens with zero attached hydrogens (tertiary/aromatic N) is 4. The van der Waals surface area contributed by atoms with Crippen molar-refractivity contribution in [3.8, 4) is 11.5 Å². The predicted octanol–water partition coefficient (Wildman–Crippen LogP) is 1.32. The van der Waals surface area contributed by atoms with Crippen molar-refractivity contribution >= 4 is 18.1 Å². The van der Waals surface area contributed by atoms with Gasteiger partial charge in [-0.15, -0.1) is 12.4 Å². The molecule has 0 aliphatic carbocycles. The van der Waals surface area contributed by atoms with Gasteiger partial charge in [-0.1, -0.05) is 11.2 Å². The summed E-state index contributed by atoms with van der Waals surface area (Å²) >= 11 is 0. The second kappa shape index (κ2) is 6.67. The van der Waals surface area contributed by atoms with Gasteiger partial charge < -0.3 is 9.84 Å². The summed E-state index contributed by atoms with van der Waals surface area (Å²) in [5.74, 6) is 0.758. The van der Waals surface area contributed by atoms with Crippen molar-refractivity contribution < 1.29 is 4.52 Å². The molecule has 0 fully saturated rings. The predicted molar refractivity (Wildman–Crippen MR) is 84.2 cm³/mol. The van der Waals surface area contributed by atoms with Gasteiger partial charge in [0, 0.05) is 24.9 Å².